The van der Waals surface area contributed by atoms with Gasteiger partial charge in [0.05, 0.1) is 17.4 Å². The van der Waals surface area contributed by atoms with E-state index >= 15 is 0 Å². The highest BCUT2D eigenvalue weighted by atomic mass is 35.5. The Labute approximate surface area is 159 Å². The van der Waals surface area contributed by atoms with Gasteiger partial charge in [0, 0.05) is 11.6 Å². The third-order valence-electron chi connectivity index (χ3n) is 5.05. The lowest BCUT2D eigenvalue weighted by molar-refractivity contribution is 0.176. The molecule has 0 saturated carbocycles. The van der Waals surface area contributed by atoms with Crippen LogP contribution in [0.15, 0.2) is 48.5 Å². The van der Waals surface area contributed by atoms with E-state index in [1.807, 2.05) is 41.1 Å². The summed E-state index contributed by atoms with van der Waals surface area (Å²) in [6.45, 7) is 2.92. The molecule has 1 aliphatic rings. The van der Waals surface area contributed by atoms with Crippen LogP contribution in [0.3, 0.4) is 0 Å². The monoisotopic (exact) mass is 369 g/mol. The Kier molecular flexibility index (Phi) is 5.14. The van der Waals surface area contributed by atoms with Gasteiger partial charge in [0.15, 0.2) is 0 Å². The Morgan fingerprint density at radius 2 is 1.88 bits per heavy atom. The molecule has 0 spiro atoms. The van der Waals surface area contributed by atoms with Crippen molar-refractivity contribution in [2.75, 3.05) is 20.1 Å². The SMILES string of the molecule is CN1CCCC(Oc2nn(Cc3ccc(Cl)cc3)c3ccccc23)CC1. The van der Waals surface area contributed by atoms with Crippen molar-refractivity contribution in [2.45, 2.75) is 31.9 Å². The molecule has 1 aromatic heterocycles. The van der Waals surface area contributed by atoms with E-state index in [2.05, 4.69) is 24.1 Å². The van der Waals surface area contributed by atoms with E-state index in [-0.39, 0.29) is 6.10 Å². The fourth-order valence-corrected chi connectivity index (χ4v) is 3.68. The molecule has 4 nitrogen and oxygen atoms in total. The summed E-state index contributed by atoms with van der Waals surface area (Å²) in [5.74, 6) is 0.754. The molecule has 0 amide bonds. The van der Waals surface area contributed by atoms with Gasteiger partial charge in [-0.1, -0.05) is 35.9 Å². The number of benzene rings is 2. The van der Waals surface area contributed by atoms with Crippen molar-refractivity contribution in [3.8, 4) is 5.88 Å². The summed E-state index contributed by atoms with van der Waals surface area (Å²) >= 11 is 6.00. The van der Waals surface area contributed by atoms with Gasteiger partial charge in [0.1, 0.15) is 6.10 Å². The predicted octanol–water partition coefficient (Wildman–Crippen LogP) is 4.60. The van der Waals surface area contributed by atoms with Crippen LogP contribution >= 0.6 is 11.6 Å². The van der Waals surface area contributed by atoms with Gasteiger partial charge in [-0.25, -0.2) is 0 Å². The van der Waals surface area contributed by atoms with Gasteiger partial charge in [0.25, 0.3) is 0 Å². The normalized spacial score (nSPS) is 18.8. The Bertz CT molecular complexity index is 875. The van der Waals surface area contributed by atoms with Crippen LogP contribution in [0.25, 0.3) is 10.9 Å². The summed E-state index contributed by atoms with van der Waals surface area (Å²) in [6.07, 6.45) is 3.55. The highest BCUT2D eigenvalue weighted by molar-refractivity contribution is 6.30. The maximum absolute atomic E-state index is 6.35. The van der Waals surface area contributed by atoms with E-state index in [9.17, 15) is 0 Å². The molecule has 136 valence electrons. The van der Waals surface area contributed by atoms with Gasteiger partial charge in [-0.3, -0.25) is 4.68 Å². The maximum atomic E-state index is 6.35. The maximum Gasteiger partial charge on any atom is 0.241 e. The van der Waals surface area contributed by atoms with Gasteiger partial charge in [-0.15, -0.1) is 5.10 Å². The fraction of sp³-hybridized carbons (Fsp3) is 0.381. The first-order chi connectivity index (χ1) is 12.7. The average molecular weight is 370 g/mol. The fourth-order valence-electron chi connectivity index (χ4n) is 3.55. The van der Waals surface area contributed by atoms with E-state index in [1.54, 1.807) is 0 Å². The van der Waals surface area contributed by atoms with E-state index in [0.29, 0.717) is 6.54 Å². The van der Waals surface area contributed by atoms with E-state index < -0.39 is 0 Å². The van der Waals surface area contributed by atoms with Crippen molar-refractivity contribution in [3.05, 3.63) is 59.1 Å². The topological polar surface area (TPSA) is 30.3 Å². The highest BCUT2D eigenvalue weighted by Crippen LogP contribution is 2.28. The van der Waals surface area contributed by atoms with Gasteiger partial charge in [-0.2, -0.15) is 0 Å². The summed E-state index contributed by atoms with van der Waals surface area (Å²) in [5, 5.41) is 6.63. The largest absolute Gasteiger partial charge is 0.473 e. The van der Waals surface area contributed by atoms with Crippen LogP contribution in [-0.2, 0) is 6.54 Å². The molecule has 0 radical (unpaired) electrons. The number of rotatable bonds is 4. The van der Waals surface area contributed by atoms with Crippen LogP contribution in [0.2, 0.25) is 5.02 Å². The average Bonchev–Trinajstić information content (AvgIpc) is 2.84. The Hall–Kier alpha value is -2.04. The summed E-state index contributed by atoms with van der Waals surface area (Å²) < 4.78 is 8.38. The van der Waals surface area contributed by atoms with Gasteiger partial charge >= 0.3 is 0 Å². The van der Waals surface area contributed by atoms with Crippen LogP contribution in [0.4, 0.5) is 0 Å². The number of halogens is 1. The van der Waals surface area contributed by atoms with Crippen LogP contribution in [0, 0.1) is 0 Å². The number of aromatic nitrogens is 2. The molecule has 0 bridgehead atoms. The summed E-state index contributed by atoms with van der Waals surface area (Å²) in [4.78, 5) is 2.38. The molecule has 26 heavy (non-hydrogen) atoms. The van der Waals surface area contributed by atoms with Crippen LogP contribution in [0.5, 0.6) is 5.88 Å². The lowest BCUT2D eigenvalue weighted by Crippen LogP contribution is -2.21. The number of fused-ring (bicyclic) bond motifs is 1. The second kappa shape index (κ2) is 7.68. The van der Waals surface area contributed by atoms with E-state index in [0.717, 1.165) is 47.7 Å². The number of ether oxygens (including phenoxy) is 1. The third kappa shape index (κ3) is 3.87. The molecule has 1 aliphatic heterocycles. The van der Waals surface area contributed by atoms with Crippen molar-refractivity contribution in [2.24, 2.45) is 0 Å². The first-order valence-corrected chi connectivity index (χ1v) is 9.62. The van der Waals surface area contributed by atoms with E-state index in [4.69, 9.17) is 21.4 Å². The van der Waals surface area contributed by atoms with Gasteiger partial charge in [0.2, 0.25) is 5.88 Å². The molecule has 3 aromatic rings. The zero-order valence-corrected chi connectivity index (χ0v) is 15.8. The molecule has 1 unspecified atom stereocenters. The minimum Gasteiger partial charge on any atom is -0.473 e. The number of hydrogen-bond acceptors (Lipinski definition) is 3. The van der Waals surface area contributed by atoms with Crippen molar-refractivity contribution < 1.29 is 4.74 Å². The number of likely N-dealkylation sites (tertiary alicyclic amines) is 1. The molecule has 5 heteroatoms. The number of nitrogens with zero attached hydrogens (tertiary/aromatic N) is 3. The van der Waals surface area contributed by atoms with Crippen molar-refractivity contribution in [1.29, 1.82) is 0 Å². The molecule has 0 N–H and O–H groups in total. The third-order valence-corrected chi connectivity index (χ3v) is 5.30. The summed E-state index contributed by atoms with van der Waals surface area (Å²) in [6, 6.07) is 16.2. The second-order valence-electron chi connectivity index (χ2n) is 7.08. The minimum atomic E-state index is 0.238. The quantitative estimate of drug-likeness (QED) is 0.673. The zero-order chi connectivity index (χ0) is 17.9. The molecule has 2 aromatic carbocycles. The molecule has 2 heterocycles. The summed E-state index contributed by atoms with van der Waals surface area (Å²) in [5.41, 5.74) is 2.27. The standard InChI is InChI=1S/C21H24ClN3O/c1-24-13-4-5-18(12-14-24)26-21-19-6-2-3-7-20(19)25(23-21)15-16-8-10-17(22)11-9-16/h2-3,6-11,18H,4-5,12-15H2,1H3. The van der Waals surface area contributed by atoms with Crippen molar-refractivity contribution in [3.63, 3.8) is 0 Å². The van der Waals surface area contributed by atoms with Crippen molar-refractivity contribution >= 4 is 22.5 Å². The van der Waals surface area contributed by atoms with Crippen LogP contribution in [0.1, 0.15) is 24.8 Å². The zero-order valence-electron chi connectivity index (χ0n) is 15.1. The molecule has 4 rings (SSSR count). The van der Waals surface area contributed by atoms with Gasteiger partial charge in [-0.05, 0) is 62.7 Å². The van der Waals surface area contributed by atoms with Crippen molar-refractivity contribution in [1.82, 2.24) is 14.7 Å². The van der Waals surface area contributed by atoms with Crippen LogP contribution in [-0.4, -0.2) is 40.9 Å². The number of hydrogen-bond donors (Lipinski definition) is 0. The highest BCUT2D eigenvalue weighted by Gasteiger charge is 2.19. The Morgan fingerprint density at radius 3 is 2.73 bits per heavy atom. The minimum absolute atomic E-state index is 0.238. The Morgan fingerprint density at radius 1 is 1.08 bits per heavy atom. The molecule has 1 saturated heterocycles. The lowest BCUT2D eigenvalue weighted by Gasteiger charge is -2.15. The first kappa shape index (κ1) is 17.4. The second-order valence-corrected chi connectivity index (χ2v) is 7.52. The Balaban J connectivity index is 1.60. The lowest BCUT2D eigenvalue weighted by atomic mass is 10.1. The molecule has 1 fully saturated rings. The molecule has 1 atom stereocenters. The predicted molar refractivity (Wildman–Crippen MR) is 106 cm³/mol. The smallest absolute Gasteiger partial charge is 0.241 e. The van der Waals surface area contributed by atoms with E-state index in [1.165, 1.54) is 12.0 Å². The first-order valence-electron chi connectivity index (χ1n) is 9.24. The molecular weight excluding hydrogens is 346 g/mol. The number of para-hydroxylation sites is 1. The molecule has 0 aliphatic carbocycles. The summed E-state index contributed by atoms with van der Waals surface area (Å²) in [7, 11) is 2.18. The van der Waals surface area contributed by atoms with Gasteiger partial charge < -0.3 is 9.64 Å². The van der Waals surface area contributed by atoms with Crippen LogP contribution < -0.4 is 4.74 Å². The molecular formula is C21H24ClN3O.